The summed E-state index contributed by atoms with van der Waals surface area (Å²) in [4.78, 5) is 4.70. The molecule has 1 aromatic carbocycles. The maximum Gasteiger partial charge on any atom is 0.0509 e. The van der Waals surface area contributed by atoms with Crippen molar-refractivity contribution in [2.24, 2.45) is 5.92 Å². The van der Waals surface area contributed by atoms with Crippen molar-refractivity contribution >= 4 is 28.9 Å². The molecule has 1 aliphatic rings. The molecule has 1 heterocycles. The minimum absolute atomic E-state index is 0.465. The number of halogens is 2. The molecule has 1 fully saturated rings. The molecule has 1 aliphatic heterocycles. The Morgan fingerprint density at radius 2 is 2.06 bits per heavy atom. The Kier molecular flexibility index (Phi) is 4.41. The summed E-state index contributed by atoms with van der Waals surface area (Å²) in [5, 5.41) is 0.767. The van der Waals surface area contributed by atoms with Crippen molar-refractivity contribution in [1.29, 1.82) is 0 Å². The van der Waals surface area contributed by atoms with Crippen LogP contribution in [0.4, 0.5) is 5.69 Å². The number of anilines is 1. The summed E-state index contributed by atoms with van der Waals surface area (Å²) in [5.41, 5.74) is 2.24. The first-order chi connectivity index (χ1) is 8.54. The van der Waals surface area contributed by atoms with Gasteiger partial charge >= 0.3 is 0 Å². The van der Waals surface area contributed by atoms with Crippen LogP contribution >= 0.6 is 23.2 Å². The van der Waals surface area contributed by atoms with Crippen LogP contribution in [0, 0.1) is 5.92 Å². The van der Waals surface area contributed by atoms with Gasteiger partial charge in [0.2, 0.25) is 0 Å². The summed E-state index contributed by atoms with van der Waals surface area (Å²) in [5.74, 6) is 1.12. The Morgan fingerprint density at radius 1 is 1.33 bits per heavy atom. The maximum absolute atomic E-state index is 6.22. The molecule has 2 unspecified atom stereocenters. The van der Waals surface area contributed by atoms with E-state index in [9.17, 15) is 0 Å². The average Bonchev–Trinajstić information content (AvgIpc) is 2.71. The summed E-state index contributed by atoms with van der Waals surface area (Å²) >= 11 is 12.3. The molecule has 0 amide bonds. The highest BCUT2D eigenvalue weighted by Crippen LogP contribution is 2.33. The third-order valence-corrected chi connectivity index (χ3v) is 4.43. The van der Waals surface area contributed by atoms with Gasteiger partial charge in [-0.05, 0) is 32.1 Å². The smallest absolute Gasteiger partial charge is 0.0509 e. The second-order valence-corrected chi connectivity index (χ2v) is 5.96. The van der Waals surface area contributed by atoms with E-state index in [-0.39, 0.29) is 0 Å². The van der Waals surface area contributed by atoms with Crippen molar-refractivity contribution < 1.29 is 0 Å². The topological polar surface area (TPSA) is 6.48 Å². The normalized spacial score (nSPS) is 24.0. The van der Waals surface area contributed by atoms with Crippen LogP contribution < -0.4 is 4.90 Å². The molecule has 2 atom stereocenters. The van der Waals surface area contributed by atoms with E-state index in [0.717, 1.165) is 23.7 Å². The van der Waals surface area contributed by atoms with Crippen molar-refractivity contribution in [1.82, 2.24) is 4.90 Å². The largest absolute Gasteiger partial charge is 0.369 e. The Balaban J connectivity index is 2.26. The quantitative estimate of drug-likeness (QED) is 0.785. The van der Waals surface area contributed by atoms with Crippen molar-refractivity contribution in [3.63, 3.8) is 0 Å². The first-order valence-electron chi connectivity index (χ1n) is 6.29. The van der Waals surface area contributed by atoms with Gasteiger partial charge in [0.15, 0.2) is 0 Å². The zero-order valence-electron chi connectivity index (χ0n) is 11.2. The number of likely N-dealkylation sites (N-methyl/N-ethyl adjacent to an activating group) is 1. The fourth-order valence-electron chi connectivity index (χ4n) is 2.79. The lowest BCUT2D eigenvalue weighted by molar-refractivity contribution is 0.266. The van der Waals surface area contributed by atoms with Gasteiger partial charge in [-0.3, -0.25) is 0 Å². The van der Waals surface area contributed by atoms with E-state index in [1.807, 2.05) is 12.1 Å². The fraction of sp³-hybridized carbons (Fsp3) is 0.571. The van der Waals surface area contributed by atoms with E-state index in [1.165, 1.54) is 5.69 Å². The number of benzene rings is 1. The van der Waals surface area contributed by atoms with Crippen molar-refractivity contribution in [3.8, 4) is 0 Å². The minimum Gasteiger partial charge on any atom is -0.369 e. The predicted molar refractivity (Wildman–Crippen MR) is 79.9 cm³/mol. The van der Waals surface area contributed by atoms with E-state index >= 15 is 0 Å². The van der Waals surface area contributed by atoms with Crippen LogP contribution in [0.3, 0.4) is 0 Å². The molecule has 1 saturated heterocycles. The molecular weight excluding hydrogens is 267 g/mol. The van der Waals surface area contributed by atoms with E-state index < -0.39 is 0 Å². The highest BCUT2D eigenvalue weighted by molar-refractivity contribution is 6.32. The summed E-state index contributed by atoms with van der Waals surface area (Å²) in [6.45, 7) is 4.40. The van der Waals surface area contributed by atoms with Gasteiger partial charge in [-0.1, -0.05) is 24.6 Å². The van der Waals surface area contributed by atoms with E-state index in [4.69, 9.17) is 23.2 Å². The Morgan fingerprint density at radius 3 is 2.61 bits per heavy atom. The van der Waals surface area contributed by atoms with Gasteiger partial charge in [-0.2, -0.15) is 0 Å². The van der Waals surface area contributed by atoms with E-state index in [0.29, 0.717) is 17.8 Å². The zero-order chi connectivity index (χ0) is 13.3. The SMILES string of the molecule is CC1CN(c2cccc(Cl)c2CCl)CC1N(C)C. The molecule has 2 rings (SSSR count). The van der Waals surface area contributed by atoms with Crippen LogP contribution in [0.1, 0.15) is 12.5 Å². The fourth-order valence-corrected chi connectivity index (χ4v) is 3.38. The van der Waals surface area contributed by atoms with Gasteiger partial charge in [-0.25, -0.2) is 0 Å². The molecule has 18 heavy (non-hydrogen) atoms. The number of hydrogen-bond donors (Lipinski definition) is 0. The van der Waals surface area contributed by atoms with Gasteiger partial charge in [0.1, 0.15) is 0 Å². The minimum atomic E-state index is 0.465. The third-order valence-electron chi connectivity index (χ3n) is 3.80. The molecule has 0 aromatic heterocycles. The summed E-state index contributed by atoms with van der Waals surface area (Å²) in [7, 11) is 4.29. The Bertz CT molecular complexity index is 420. The monoisotopic (exact) mass is 286 g/mol. The molecule has 0 saturated carbocycles. The van der Waals surface area contributed by atoms with Crippen molar-refractivity contribution in [2.45, 2.75) is 18.8 Å². The maximum atomic E-state index is 6.22. The molecule has 0 bridgehead atoms. The molecule has 2 nitrogen and oxygen atoms in total. The van der Waals surface area contributed by atoms with Crippen LogP contribution in [0.15, 0.2) is 18.2 Å². The van der Waals surface area contributed by atoms with Gasteiger partial charge in [0.05, 0.1) is 5.88 Å². The summed E-state index contributed by atoms with van der Waals surface area (Å²) < 4.78 is 0. The molecular formula is C14H20Cl2N2. The third kappa shape index (κ3) is 2.61. The number of hydrogen-bond acceptors (Lipinski definition) is 2. The Labute approximate surface area is 119 Å². The van der Waals surface area contributed by atoms with Gasteiger partial charge in [-0.15, -0.1) is 11.6 Å². The van der Waals surface area contributed by atoms with Crippen LogP contribution in [-0.4, -0.2) is 38.1 Å². The number of nitrogens with zero attached hydrogens (tertiary/aromatic N) is 2. The summed E-state index contributed by atoms with van der Waals surface area (Å²) in [6.07, 6.45) is 0. The highest BCUT2D eigenvalue weighted by atomic mass is 35.5. The van der Waals surface area contributed by atoms with E-state index in [1.54, 1.807) is 0 Å². The summed E-state index contributed by atoms with van der Waals surface area (Å²) in [6, 6.07) is 6.62. The van der Waals surface area contributed by atoms with Gasteiger partial charge in [0, 0.05) is 35.4 Å². The number of alkyl halides is 1. The van der Waals surface area contributed by atoms with Crippen LogP contribution in [0.25, 0.3) is 0 Å². The molecule has 0 N–H and O–H groups in total. The van der Waals surface area contributed by atoms with Gasteiger partial charge in [0.25, 0.3) is 0 Å². The lowest BCUT2D eigenvalue weighted by Crippen LogP contribution is -2.34. The molecule has 0 spiro atoms. The molecule has 4 heteroatoms. The molecule has 0 aliphatic carbocycles. The Hall–Kier alpha value is -0.440. The zero-order valence-corrected chi connectivity index (χ0v) is 12.7. The second kappa shape index (κ2) is 5.68. The number of rotatable bonds is 3. The van der Waals surface area contributed by atoms with Crippen molar-refractivity contribution in [2.75, 3.05) is 32.1 Å². The molecule has 0 radical (unpaired) electrons. The predicted octanol–water partition coefficient (Wildman–Crippen LogP) is 3.47. The van der Waals surface area contributed by atoms with E-state index in [2.05, 4.69) is 36.9 Å². The lowest BCUT2D eigenvalue weighted by atomic mass is 10.1. The molecule has 100 valence electrons. The first kappa shape index (κ1) is 14.0. The highest BCUT2D eigenvalue weighted by Gasteiger charge is 2.32. The average molecular weight is 287 g/mol. The van der Waals surface area contributed by atoms with Crippen LogP contribution in [0.2, 0.25) is 5.02 Å². The second-order valence-electron chi connectivity index (χ2n) is 5.28. The van der Waals surface area contributed by atoms with Gasteiger partial charge < -0.3 is 9.80 Å². The first-order valence-corrected chi connectivity index (χ1v) is 7.20. The molecule has 1 aromatic rings. The lowest BCUT2D eigenvalue weighted by Gasteiger charge is -2.24. The van der Waals surface area contributed by atoms with Crippen LogP contribution in [-0.2, 0) is 5.88 Å². The van der Waals surface area contributed by atoms with Crippen LogP contribution in [0.5, 0.6) is 0 Å². The standard InChI is InChI=1S/C14H20Cl2N2/c1-10-8-18(9-14(10)17(2)3)13-6-4-5-12(16)11(13)7-15/h4-6,10,14H,7-9H2,1-3H3. The van der Waals surface area contributed by atoms with Crippen molar-refractivity contribution in [3.05, 3.63) is 28.8 Å².